The second-order valence-corrected chi connectivity index (χ2v) is 3.91. The van der Waals surface area contributed by atoms with Gasteiger partial charge in [0.25, 0.3) is 0 Å². The van der Waals surface area contributed by atoms with Crippen molar-refractivity contribution >= 4 is 11.3 Å². The lowest BCUT2D eigenvalue weighted by Crippen LogP contribution is -2.17. The minimum Gasteiger partial charge on any atom is -0.398 e. The van der Waals surface area contributed by atoms with Crippen LogP contribution in [-0.4, -0.2) is 6.54 Å². The molecule has 0 amide bonds. The summed E-state index contributed by atoms with van der Waals surface area (Å²) >= 11 is 0. The van der Waals surface area contributed by atoms with Crippen LogP contribution in [0.15, 0.2) is 36.0 Å². The Bertz CT molecular complexity index is 442. The van der Waals surface area contributed by atoms with Gasteiger partial charge < -0.3 is 11.1 Å². The van der Waals surface area contributed by atoms with Gasteiger partial charge in [0.15, 0.2) is 0 Å². The van der Waals surface area contributed by atoms with Crippen molar-refractivity contribution in [3.63, 3.8) is 0 Å². The summed E-state index contributed by atoms with van der Waals surface area (Å²) in [5.74, 6) is 0. The molecular formula is C13H16N2. The second-order valence-electron chi connectivity index (χ2n) is 3.91. The van der Waals surface area contributed by atoms with E-state index in [1.165, 1.54) is 22.4 Å². The highest BCUT2D eigenvalue weighted by molar-refractivity contribution is 5.75. The summed E-state index contributed by atoms with van der Waals surface area (Å²) in [7, 11) is 0. The summed E-state index contributed by atoms with van der Waals surface area (Å²) in [5, 5.41) is 3.33. The molecule has 0 aromatic heterocycles. The molecule has 0 spiro atoms. The highest BCUT2D eigenvalue weighted by Crippen LogP contribution is 2.24. The number of hydrogen-bond donors (Lipinski definition) is 2. The Balaban J connectivity index is 2.43. The molecule has 78 valence electrons. The van der Waals surface area contributed by atoms with Crippen LogP contribution in [0.25, 0.3) is 5.57 Å². The van der Waals surface area contributed by atoms with E-state index in [1.807, 2.05) is 12.1 Å². The first-order valence-electron chi connectivity index (χ1n) is 5.15. The molecule has 0 saturated heterocycles. The van der Waals surface area contributed by atoms with Gasteiger partial charge in [-0.3, -0.25) is 0 Å². The Morgan fingerprint density at radius 2 is 2.00 bits per heavy atom. The van der Waals surface area contributed by atoms with E-state index in [1.54, 1.807) is 0 Å². The second kappa shape index (κ2) is 3.81. The van der Waals surface area contributed by atoms with E-state index in [2.05, 4.69) is 37.4 Å². The summed E-state index contributed by atoms with van der Waals surface area (Å²) in [6, 6.07) is 6.06. The van der Waals surface area contributed by atoms with Gasteiger partial charge in [0.2, 0.25) is 0 Å². The Labute approximate surface area is 90.5 Å². The van der Waals surface area contributed by atoms with Crippen LogP contribution in [0.4, 0.5) is 5.69 Å². The fraction of sp³-hybridized carbons (Fsp3) is 0.231. The summed E-state index contributed by atoms with van der Waals surface area (Å²) in [6.45, 7) is 5.02. The van der Waals surface area contributed by atoms with Gasteiger partial charge in [-0.1, -0.05) is 18.2 Å². The minimum atomic E-state index is 0.861. The summed E-state index contributed by atoms with van der Waals surface area (Å²) < 4.78 is 0. The molecule has 0 fully saturated rings. The molecule has 1 aromatic rings. The molecule has 15 heavy (non-hydrogen) atoms. The van der Waals surface area contributed by atoms with Crippen molar-refractivity contribution in [1.29, 1.82) is 0 Å². The van der Waals surface area contributed by atoms with E-state index in [0.29, 0.717) is 0 Å². The highest BCUT2D eigenvalue weighted by Gasteiger charge is 2.08. The first-order chi connectivity index (χ1) is 7.18. The van der Waals surface area contributed by atoms with Crippen molar-refractivity contribution in [2.75, 3.05) is 12.3 Å². The van der Waals surface area contributed by atoms with E-state index in [0.717, 1.165) is 12.2 Å². The third kappa shape index (κ3) is 1.89. The van der Waals surface area contributed by atoms with E-state index in [9.17, 15) is 0 Å². The molecule has 1 aliphatic heterocycles. The first kappa shape index (κ1) is 9.84. The van der Waals surface area contributed by atoms with Crippen molar-refractivity contribution in [3.05, 3.63) is 47.2 Å². The maximum absolute atomic E-state index is 5.89. The van der Waals surface area contributed by atoms with Gasteiger partial charge >= 0.3 is 0 Å². The van der Waals surface area contributed by atoms with Gasteiger partial charge in [-0.15, -0.1) is 0 Å². The van der Waals surface area contributed by atoms with Crippen molar-refractivity contribution in [2.45, 2.75) is 13.8 Å². The van der Waals surface area contributed by atoms with E-state index in [-0.39, 0.29) is 0 Å². The number of nitrogens with one attached hydrogen (secondary N) is 1. The Morgan fingerprint density at radius 1 is 1.20 bits per heavy atom. The first-order valence-corrected chi connectivity index (χ1v) is 5.15. The van der Waals surface area contributed by atoms with Crippen LogP contribution in [0.5, 0.6) is 0 Å². The van der Waals surface area contributed by atoms with Crippen LogP contribution >= 0.6 is 0 Å². The fourth-order valence-corrected chi connectivity index (χ4v) is 1.76. The van der Waals surface area contributed by atoms with Crippen molar-refractivity contribution in [2.24, 2.45) is 0 Å². The molecule has 2 rings (SSSR count). The number of rotatable bonds is 1. The van der Waals surface area contributed by atoms with Crippen LogP contribution in [0.3, 0.4) is 0 Å². The van der Waals surface area contributed by atoms with Gasteiger partial charge in [-0.25, -0.2) is 0 Å². The predicted octanol–water partition coefficient (Wildman–Crippen LogP) is 2.47. The molecule has 0 unspecified atom stereocenters. The smallest absolute Gasteiger partial charge is 0.0403 e. The quantitative estimate of drug-likeness (QED) is 0.683. The number of allylic oxidation sites excluding steroid dienone is 3. The Kier molecular flexibility index (Phi) is 2.50. The zero-order valence-corrected chi connectivity index (χ0v) is 9.17. The number of hydrogen-bond acceptors (Lipinski definition) is 2. The zero-order chi connectivity index (χ0) is 10.8. The van der Waals surface area contributed by atoms with Crippen molar-refractivity contribution in [3.8, 4) is 0 Å². The number of nitrogens with two attached hydrogens (primary N) is 1. The number of benzene rings is 1. The molecule has 0 saturated carbocycles. The predicted molar refractivity (Wildman–Crippen MR) is 65.3 cm³/mol. The molecule has 3 N–H and O–H groups in total. The Hall–Kier alpha value is -1.70. The van der Waals surface area contributed by atoms with Crippen LogP contribution in [0, 0.1) is 6.92 Å². The van der Waals surface area contributed by atoms with E-state index in [4.69, 9.17) is 5.73 Å². The monoisotopic (exact) mass is 200 g/mol. The van der Waals surface area contributed by atoms with Gasteiger partial charge in [0.1, 0.15) is 0 Å². The van der Waals surface area contributed by atoms with E-state index < -0.39 is 0 Å². The summed E-state index contributed by atoms with van der Waals surface area (Å²) in [4.78, 5) is 0. The molecule has 0 atom stereocenters. The molecule has 1 aromatic carbocycles. The van der Waals surface area contributed by atoms with Gasteiger partial charge in [-0.05, 0) is 42.7 Å². The van der Waals surface area contributed by atoms with Crippen LogP contribution in [0.1, 0.15) is 18.1 Å². The molecular weight excluding hydrogens is 184 g/mol. The van der Waals surface area contributed by atoms with Crippen LogP contribution < -0.4 is 11.1 Å². The Morgan fingerprint density at radius 3 is 2.67 bits per heavy atom. The maximum Gasteiger partial charge on any atom is 0.0403 e. The van der Waals surface area contributed by atoms with Crippen LogP contribution in [-0.2, 0) is 0 Å². The van der Waals surface area contributed by atoms with Gasteiger partial charge in [0, 0.05) is 17.9 Å². The molecule has 2 heteroatoms. The maximum atomic E-state index is 5.89. The number of nitrogen functional groups attached to an aromatic ring is 1. The third-order valence-electron chi connectivity index (χ3n) is 2.81. The topological polar surface area (TPSA) is 38.0 Å². The average molecular weight is 200 g/mol. The standard InChI is InChI=1S/C13H16N2/c1-9-6-7-11(8-15-9)12-4-3-5-13(14)10(12)2/h3-7,15H,8,14H2,1-2H3. The molecule has 2 nitrogen and oxygen atoms in total. The number of dihydropyridines is 1. The third-order valence-corrected chi connectivity index (χ3v) is 2.81. The summed E-state index contributed by atoms with van der Waals surface area (Å²) in [6.07, 6.45) is 4.26. The largest absolute Gasteiger partial charge is 0.398 e. The molecule has 0 aliphatic carbocycles. The lowest BCUT2D eigenvalue weighted by atomic mass is 9.97. The molecule has 0 radical (unpaired) electrons. The SMILES string of the molecule is CC1=CC=C(c2cccc(N)c2C)CN1. The lowest BCUT2D eigenvalue weighted by molar-refractivity contribution is 0.902. The van der Waals surface area contributed by atoms with Crippen molar-refractivity contribution < 1.29 is 0 Å². The molecule has 0 bridgehead atoms. The van der Waals surface area contributed by atoms with E-state index >= 15 is 0 Å². The highest BCUT2D eigenvalue weighted by atomic mass is 14.9. The molecule has 1 aliphatic rings. The van der Waals surface area contributed by atoms with Gasteiger partial charge in [0.05, 0.1) is 0 Å². The lowest BCUT2D eigenvalue weighted by Gasteiger charge is -2.17. The minimum absolute atomic E-state index is 0.861. The van der Waals surface area contributed by atoms with Gasteiger partial charge in [-0.2, -0.15) is 0 Å². The zero-order valence-electron chi connectivity index (χ0n) is 9.17. The number of anilines is 1. The average Bonchev–Trinajstić information content (AvgIpc) is 2.24. The molecule has 1 heterocycles. The van der Waals surface area contributed by atoms with Crippen LogP contribution in [0.2, 0.25) is 0 Å². The normalized spacial score (nSPS) is 15.3. The van der Waals surface area contributed by atoms with Crippen molar-refractivity contribution in [1.82, 2.24) is 5.32 Å². The summed E-state index contributed by atoms with van der Waals surface area (Å²) in [5.41, 5.74) is 11.7. The fourth-order valence-electron chi connectivity index (χ4n) is 1.76.